The summed E-state index contributed by atoms with van der Waals surface area (Å²) in [7, 11) is 0. The fourth-order valence-electron chi connectivity index (χ4n) is 3.88. The number of ether oxygens (including phenoxy) is 2. The molecule has 0 aromatic heterocycles. The van der Waals surface area contributed by atoms with Crippen molar-refractivity contribution in [2.45, 2.75) is 79.1 Å². The largest absolute Gasteiger partial charge is 0.465 e. The van der Waals surface area contributed by atoms with Crippen LogP contribution in [0.15, 0.2) is 67.3 Å². The molecule has 0 saturated carbocycles. The third kappa shape index (κ3) is 9.31. The molecule has 0 N–H and O–H groups in total. The number of esters is 2. The summed E-state index contributed by atoms with van der Waals surface area (Å²) in [6.07, 6.45) is 8.63. The average Bonchev–Trinajstić information content (AvgIpc) is 2.91. The van der Waals surface area contributed by atoms with Crippen molar-refractivity contribution in [3.05, 3.63) is 78.4 Å². The Morgan fingerprint density at radius 2 is 1.43 bits per heavy atom. The van der Waals surface area contributed by atoms with Gasteiger partial charge in [0.25, 0.3) is 0 Å². The molecule has 0 bridgehead atoms. The lowest BCUT2D eigenvalue weighted by Crippen LogP contribution is -2.35. The summed E-state index contributed by atoms with van der Waals surface area (Å²) in [5.74, 6) is -0.273. The van der Waals surface area contributed by atoms with E-state index in [1.807, 2.05) is 52.0 Å². The Balaban J connectivity index is 1.88. The van der Waals surface area contributed by atoms with Gasteiger partial charge < -0.3 is 9.47 Å². The first-order valence-corrected chi connectivity index (χ1v) is 13.3. The van der Waals surface area contributed by atoms with E-state index in [1.54, 1.807) is 36.4 Å². The van der Waals surface area contributed by atoms with Crippen molar-refractivity contribution in [1.82, 2.24) is 0 Å². The molecule has 0 aliphatic rings. The van der Waals surface area contributed by atoms with Gasteiger partial charge in [-0.3, -0.25) is 14.4 Å². The van der Waals surface area contributed by atoms with Crippen LogP contribution in [0.1, 0.15) is 95.0 Å². The van der Waals surface area contributed by atoms with Crippen molar-refractivity contribution >= 4 is 17.7 Å². The summed E-state index contributed by atoms with van der Waals surface area (Å²) in [4.78, 5) is 38.4. The molecule has 2 rings (SSSR count). The molecular weight excluding hydrogens is 464 g/mol. The Hall–Kier alpha value is -3.21. The van der Waals surface area contributed by atoms with Crippen molar-refractivity contribution in [1.29, 1.82) is 0 Å². The van der Waals surface area contributed by atoms with Crippen LogP contribution >= 0.6 is 0 Å². The third-order valence-corrected chi connectivity index (χ3v) is 7.03. The van der Waals surface area contributed by atoms with Crippen LogP contribution in [0.25, 0.3) is 0 Å². The summed E-state index contributed by atoms with van der Waals surface area (Å²) in [5.41, 5.74) is -0.308. The topological polar surface area (TPSA) is 69.7 Å². The highest BCUT2D eigenvalue weighted by Gasteiger charge is 2.38. The molecule has 37 heavy (non-hydrogen) atoms. The van der Waals surface area contributed by atoms with E-state index < -0.39 is 10.8 Å². The van der Waals surface area contributed by atoms with Gasteiger partial charge in [0.2, 0.25) is 0 Å². The summed E-state index contributed by atoms with van der Waals surface area (Å²) in [6.45, 7) is 11.7. The molecule has 0 fully saturated rings. The summed E-state index contributed by atoms with van der Waals surface area (Å²) in [5, 5.41) is 0. The monoisotopic (exact) mass is 506 g/mol. The minimum Gasteiger partial charge on any atom is -0.465 e. The number of carbonyl (C=O) groups excluding carboxylic acids is 3. The molecule has 5 heteroatoms. The van der Waals surface area contributed by atoms with Gasteiger partial charge in [-0.15, -0.1) is 6.58 Å². The lowest BCUT2D eigenvalue weighted by atomic mass is 9.76. The van der Waals surface area contributed by atoms with Gasteiger partial charge in [0.05, 0.1) is 17.4 Å². The first-order valence-electron chi connectivity index (χ1n) is 13.3. The fraction of sp³-hybridized carbons (Fsp3) is 0.469. The van der Waals surface area contributed by atoms with Crippen LogP contribution in [-0.2, 0) is 14.3 Å². The van der Waals surface area contributed by atoms with Crippen LogP contribution < -0.4 is 4.74 Å². The second kappa shape index (κ2) is 14.5. The number of ketones is 1. The van der Waals surface area contributed by atoms with Gasteiger partial charge in [0.15, 0.2) is 5.78 Å². The van der Waals surface area contributed by atoms with Gasteiger partial charge >= 0.3 is 11.9 Å². The van der Waals surface area contributed by atoms with E-state index in [4.69, 9.17) is 9.47 Å². The predicted molar refractivity (Wildman–Crippen MR) is 148 cm³/mol. The molecule has 5 nitrogen and oxygen atoms in total. The molecule has 1 unspecified atom stereocenters. The predicted octanol–water partition coefficient (Wildman–Crippen LogP) is 7.73. The van der Waals surface area contributed by atoms with Crippen LogP contribution in [0.3, 0.4) is 0 Å². The van der Waals surface area contributed by atoms with Crippen molar-refractivity contribution in [2.24, 2.45) is 10.8 Å². The first-order chi connectivity index (χ1) is 17.6. The lowest BCUT2D eigenvalue weighted by Gasteiger charge is -2.30. The molecule has 0 radical (unpaired) electrons. The summed E-state index contributed by atoms with van der Waals surface area (Å²) < 4.78 is 11.2. The molecule has 0 amide bonds. The van der Waals surface area contributed by atoms with Gasteiger partial charge in [0.1, 0.15) is 5.75 Å². The van der Waals surface area contributed by atoms with Crippen LogP contribution in [0.5, 0.6) is 5.75 Å². The van der Waals surface area contributed by atoms with E-state index in [-0.39, 0.29) is 17.7 Å². The standard InChI is InChI=1S/C32H42O5/c1-6-8-9-10-11-15-24-36-29(34)31(3,4)22-23-32(5,7-2)30(35)37-27-20-18-26(19-21-27)28(33)25-16-13-12-14-17-25/h6,12-14,16-21H,1,7-11,15,22-24H2,2-5H3. The maximum atomic E-state index is 13.1. The number of rotatable bonds is 16. The van der Waals surface area contributed by atoms with Crippen molar-refractivity contribution in [3.8, 4) is 5.75 Å². The van der Waals surface area contributed by atoms with Gasteiger partial charge in [-0.05, 0) is 83.6 Å². The molecule has 2 aromatic carbocycles. The number of hydrogen-bond donors (Lipinski definition) is 0. The smallest absolute Gasteiger partial charge is 0.317 e. The lowest BCUT2D eigenvalue weighted by molar-refractivity contribution is -0.156. The number of unbranched alkanes of at least 4 members (excludes halogenated alkanes) is 4. The van der Waals surface area contributed by atoms with E-state index in [0.29, 0.717) is 42.7 Å². The van der Waals surface area contributed by atoms with Crippen molar-refractivity contribution in [2.75, 3.05) is 6.61 Å². The molecule has 0 saturated heterocycles. The van der Waals surface area contributed by atoms with Gasteiger partial charge in [-0.1, -0.05) is 56.2 Å². The molecule has 1 atom stereocenters. The Bertz CT molecular complexity index is 1020. The zero-order valence-corrected chi connectivity index (χ0v) is 22.9. The average molecular weight is 507 g/mol. The van der Waals surface area contributed by atoms with Crippen LogP contribution in [-0.4, -0.2) is 24.3 Å². The summed E-state index contributed by atoms with van der Waals surface area (Å²) in [6, 6.07) is 15.7. The first kappa shape index (κ1) is 30.0. The van der Waals surface area contributed by atoms with E-state index in [9.17, 15) is 14.4 Å². The number of carbonyl (C=O) groups is 3. The number of allylic oxidation sites excluding steroid dienone is 1. The van der Waals surface area contributed by atoms with Crippen molar-refractivity contribution in [3.63, 3.8) is 0 Å². The minimum absolute atomic E-state index is 0.0846. The number of benzene rings is 2. The Labute approximate surface area is 222 Å². The number of hydrogen-bond acceptors (Lipinski definition) is 5. The Morgan fingerprint density at radius 3 is 2.05 bits per heavy atom. The van der Waals surface area contributed by atoms with Gasteiger partial charge in [0, 0.05) is 11.1 Å². The third-order valence-electron chi connectivity index (χ3n) is 7.03. The highest BCUT2D eigenvalue weighted by molar-refractivity contribution is 6.09. The molecule has 0 aliphatic heterocycles. The highest BCUT2D eigenvalue weighted by atomic mass is 16.5. The second-order valence-corrected chi connectivity index (χ2v) is 10.5. The Kier molecular flexibility index (Phi) is 11.8. The van der Waals surface area contributed by atoms with Gasteiger partial charge in [-0.25, -0.2) is 0 Å². The van der Waals surface area contributed by atoms with Crippen LogP contribution in [0, 0.1) is 10.8 Å². The molecule has 0 heterocycles. The van der Waals surface area contributed by atoms with Crippen LogP contribution in [0.2, 0.25) is 0 Å². The van der Waals surface area contributed by atoms with E-state index in [1.165, 1.54) is 0 Å². The fourth-order valence-corrected chi connectivity index (χ4v) is 3.88. The van der Waals surface area contributed by atoms with Crippen LogP contribution in [0.4, 0.5) is 0 Å². The summed E-state index contributed by atoms with van der Waals surface area (Å²) >= 11 is 0. The Morgan fingerprint density at radius 1 is 0.811 bits per heavy atom. The van der Waals surface area contributed by atoms with E-state index in [0.717, 1.165) is 32.1 Å². The maximum absolute atomic E-state index is 13.1. The van der Waals surface area contributed by atoms with E-state index in [2.05, 4.69) is 6.58 Å². The molecule has 0 aliphatic carbocycles. The maximum Gasteiger partial charge on any atom is 0.317 e. The molecule has 200 valence electrons. The van der Waals surface area contributed by atoms with Gasteiger partial charge in [-0.2, -0.15) is 0 Å². The molecule has 2 aromatic rings. The van der Waals surface area contributed by atoms with Crippen molar-refractivity contribution < 1.29 is 23.9 Å². The normalized spacial score (nSPS) is 12.9. The minimum atomic E-state index is -0.749. The quantitative estimate of drug-likeness (QED) is 0.0766. The second-order valence-electron chi connectivity index (χ2n) is 10.5. The van der Waals surface area contributed by atoms with E-state index >= 15 is 0 Å². The highest BCUT2D eigenvalue weighted by Crippen LogP contribution is 2.36. The molecular formula is C32H42O5. The zero-order valence-electron chi connectivity index (χ0n) is 22.9. The SMILES string of the molecule is C=CCCCCCCOC(=O)C(C)(C)CCC(C)(CC)C(=O)Oc1ccc(C(=O)c2ccccc2)cc1. The molecule has 0 spiro atoms. The zero-order chi connectivity index (χ0) is 27.3.